The lowest BCUT2D eigenvalue weighted by molar-refractivity contribution is -0.141. The molecule has 1 amide bonds. The zero-order valence-corrected chi connectivity index (χ0v) is 16.0. The molecule has 134 valence electrons. The zero-order valence-electron chi connectivity index (χ0n) is 15.2. The minimum Gasteiger partial charge on any atom is -0.378 e. The van der Waals surface area contributed by atoms with Crippen molar-refractivity contribution >= 4 is 17.7 Å². The minimum absolute atomic E-state index is 0.000741. The Morgan fingerprint density at radius 2 is 1.70 bits per heavy atom. The van der Waals surface area contributed by atoms with Gasteiger partial charge >= 0.3 is 0 Å². The second-order valence-corrected chi connectivity index (χ2v) is 9.37. The third-order valence-electron chi connectivity index (χ3n) is 4.58. The molecule has 0 aromatic heterocycles. The van der Waals surface area contributed by atoms with E-state index in [9.17, 15) is 4.79 Å². The average molecular weight is 344 g/mol. The number of rotatable bonds is 5. The number of nitrogens with zero attached hydrogens (tertiary/aromatic N) is 3. The number of piperazine rings is 1. The Bertz CT molecular complexity index is 373. The third-order valence-corrected chi connectivity index (χ3v) is 5.83. The molecule has 0 aromatic rings. The maximum absolute atomic E-state index is 12.6. The van der Waals surface area contributed by atoms with Gasteiger partial charge in [-0.05, 0) is 6.92 Å². The molecular formula is C17H33N3O2S. The normalized spacial score (nSPS) is 23.0. The minimum atomic E-state index is -0.000741. The molecule has 6 heteroatoms. The van der Waals surface area contributed by atoms with Gasteiger partial charge in [-0.1, -0.05) is 20.8 Å². The Morgan fingerprint density at radius 3 is 2.26 bits per heavy atom. The number of carbonyl (C=O) groups excluding carboxylic acids is 1. The molecule has 0 spiro atoms. The van der Waals surface area contributed by atoms with E-state index in [1.807, 2.05) is 16.7 Å². The summed E-state index contributed by atoms with van der Waals surface area (Å²) in [5, 5.41) is 0. The molecule has 2 aliphatic heterocycles. The topological polar surface area (TPSA) is 36.0 Å². The van der Waals surface area contributed by atoms with Crippen LogP contribution in [0.5, 0.6) is 0 Å². The van der Waals surface area contributed by atoms with Gasteiger partial charge in [-0.2, -0.15) is 11.8 Å². The molecule has 0 aromatic carbocycles. The summed E-state index contributed by atoms with van der Waals surface area (Å²) in [5.41, 5.74) is 0. The van der Waals surface area contributed by atoms with Crippen molar-refractivity contribution in [2.45, 2.75) is 38.5 Å². The van der Waals surface area contributed by atoms with Gasteiger partial charge in [0.15, 0.2) is 0 Å². The first-order valence-electron chi connectivity index (χ1n) is 8.84. The van der Waals surface area contributed by atoms with E-state index < -0.39 is 0 Å². The van der Waals surface area contributed by atoms with Gasteiger partial charge in [0.2, 0.25) is 5.91 Å². The molecule has 2 rings (SSSR count). The van der Waals surface area contributed by atoms with E-state index in [0.29, 0.717) is 18.0 Å². The summed E-state index contributed by atoms with van der Waals surface area (Å²) in [6.45, 7) is 17.0. The van der Waals surface area contributed by atoms with Crippen LogP contribution in [0.4, 0.5) is 0 Å². The molecule has 2 heterocycles. The first-order valence-corrected chi connectivity index (χ1v) is 9.82. The van der Waals surface area contributed by atoms with Crippen molar-refractivity contribution in [2.75, 3.05) is 64.8 Å². The average Bonchev–Trinajstić information content (AvgIpc) is 2.54. The summed E-state index contributed by atoms with van der Waals surface area (Å²) in [7, 11) is 0. The molecule has 0 radical (unpaired) electrons. The van der Waals surface area contributed by atoms with E-state index in [4.69, 9.17) is 4.74 Å². The van der Waals surface area contributed by atoms with E-state index in [0.717, 1.165) is 45.8 Å². The molecule has 0 saturated carbocycles. The highest BCUT2D eigenvalue weighted by Crippen LogP contribution is 2.23. The predicted molar refractivity (Wildman–Crippen MR) is 97.1 cm³/mol. The van der Waals surface area contributed by atoms with E-state index in [-0.39, 0.29) is 11.9 Å². The summed E-state index contributed by atoms with van der Waals surface area (Å²) in [6, 6.07) is -0.000741. The highest BCUT2D eigenvalue weighted by atomic mass is 32.2. The number of amides is 1. The molecule has 0 aliphatic carbocycles. The molecule has 0 N–H and O–H groups in total. The Kier molecular flexibility index (Phi) is 7.19. The van der Waals surface area contributed by atoms with Crippen LogP contribution in [0.2, 0.25) is 0 Å². The Balaban J connectivity index is 1.69. The van der Waals surface area contributed by atoms with Crippen molar-refractivity contribution in [3.05, 3.63) is 0 Å². The van der Waals surface area contributed by atoms with E-state index in [1.165, 1.54) is 5.75 Å². The van der Waals surface area contributed by atoms with Gasteiger partial charge in [-0.3, -0.25) is 14.6 Å². The summed E-state index contributed by atoms with van der Waals surface area (Å²) in [6.07, 6.45) is 0. The maximum Gasteiger partial charge on any atom is 0.239 e. The molecule has 0 unspecified atom stereocenters. The van der Waals surface area contributed by atoms with E-state index in [2.05, 4.69) is 37.5 Å². The van der Waals surface area contributed by atoms with Gasteiger partial charge in [0.05, 0.1) is 19.3 Å². The molecule has 2 fully saturated rings. The number of morpholine rings is 1. The van der Waals surface area contributed by atoms with Crippen LogP contribution in [0.1, 0.15) is 27.7 Å². The van der Waals surface area contributed by atoms with Crippen LogP contribution in [0.15, 0.2) is 0 Å². The van der Waals surface area contributed by atoms with Crippen LogP contribution in [0.3, 0.4) is 0 Å². The SMILES string of the molecule is C[C@@H](C(=O)N1CCOCC1)N1CCN(CCSC(C)(C)C)CC1. The Labute approximate surface area is 145 Å². The van der Waals surface area contributed by atoms with Crippen LogP contribution < -0.4 is 0 Å². The molecule has 2 aliphatic rings. The fourth-order valence-corrected chi connectivity index (χ4v) is 4.02. The Morgan fingerprint density at radius 1 is 1.09 bits per heavy atom. The van der Waals surface area contributed by atoms with Gasteiger partial charge in [-0.15, -0.1) is 0 Å². The number of ether oxygens (including phenoxy) is 1. The predicted octanol–water partition coefficient (Wildman–Crippen LogP) is 1.38. The van der Waals surface area contributed by atoms with Gasteiger partial charge in [0, 0.05) is 56.3 Å². The van der Waals surface area contributed by atoms with Crippen LogP contribution in [0.25, 0.3) is 0 Å². The highest BCUT2D eigenvalue weighted by Gasteiger charge is 2.29. The van der Waals surface area contributed by atoms with Crippen molar-refractivity contribution in [3.8, 4) is 0 Å². The van der Waals surface area contributed by atoms with E-state index in [1.54, 1.807) is 0 Å². The second kappa shape index (κ2) is 8.70. The van der Waals surface area contributed by atoms with E-state index >= 15 is 0 Å². The highest BCUT2D eigenvalue weighted by molar-refractivity contribution is 8.00. The van der Waals surface area contributed by atoms with Crippen LogP contribution in [0, 0.1) is 0 Å². The van der Waals surface area contributed by atoms with Gasteiger partial charge in [-0.25, -0.2) is 0 Å². The van der Waals surface area contributed by atoms with Crippen LogP contribution in [-0.4, -0.2) is 96.2 Å². The molecule has 23 heavy (non-hydrogen) atoms. The summed E-state index contributed by atoms with van der Waals surface area (Å²) in [4.78, 5) is 19.4. The quantitative estimate of drug-likeness (QED) is 0.754. The standard InChI is InChI=1S/C17H33N3O2S/c1-15(16(21)20-9-12-22-13-10-20)19-7-5-18(6-8-19)11-14-23-17(2,3)4/h15H,5-14H2,1-4H3/t15-/m0/s1. The number of hydrogen-bond acceptors (Lipinski definition) is 5. The largest absolute Gasteiger partial charge is 0.378 e. The van der Waals surface area contributed by atoms with Crippen molar-refractivity contribution in [1.29, 1.82) is 0 Å². The fourth-order valence-electron chi connectivity index (χ4n) is 3.06. The Hall–Kier alpha value is -0.300. The lowest BCUT2D eigenvalue weighted by Gasteiger charge is -2.39. The smallest absolute Gasteiger partial charge is 0.239 e. The van der Waals surface area contributed by atoms with Crippen molar-refractivity contribution < 1.29 is 9.53 Å². The molecule has 0 bridgehead atoms. The lowest BCUT2D eigenvalue weighted by atomic mass is 10.2. The first kappa shape index (κ1) is 19.0. The van der Waals surface area contributed by atoms with Crippen LogP contribution in [-0.2, 0) is 9.53 Å². The van der Waals surface area contributed by atoms with Gasteiger partial charge in [0.25, 0.3) is 0 Å². The summed E-state index contributed by atoms with van der Waals surface area (Å²) >= 11 is 2.03. The van der Waals surface area contributed by atoms with Crippen molar-refractivity contribution in [2.24, 2.45) is 0 Å². The first-order chi connectivity index (χ1) is 10.9. The molecule has 2 saturated heterocycles. The van der Waals surface area contributed by atoms with Gasteiger partial charge in [0.1, 0.15) is 0 Å². The second-order valence-electron chi connectivity index (χ2n) is 7.45. The summed E-state index contributed by atoms with van der Waals surface area (Å²) < 4.78 is 5.68. The third kappa shape index (κ3) is 6.25. The number of thioether (sulfide) groups is 1. The maximum atomic E-state index is 12.6. The number of hydrogen-bond donors (Lipinski definition) is 0. The molecule has 5 nitrogen and oxygen atoms in total. The van der Waals surface area contributed by atoms with Crippen molar-refractivity contribution in [3.63, 3.8) is 0 Å². The van der Waals surface area contributed by atoms with Gasteiger partial charge < -0.3 is 9.64 Å². The fraction of sp³-hybridized carbons (Fsp3) is 0.941. The lowest BCUT2D eigenvalue weighted by Crippen LogP contribution is -2.56. The van der Waals surface area contributed by atoms with Crippen molar-refractivity contribution in [1.82, 2.24) is 14.7 Å². The summed E-state index contributed by atoms with van der Waals surface area (Å²) in [5.74, 6) is 1.45. The zero-order chi connectivity index (χ0) is 16.9. The molecule has 1 atom stereocenters. The number of carbonyl (C=O) groups is 1. The molecular weight excluding hydrogens is 310 g/mol. The monoisotopic (exact) mass is 343 g/mol. The van der Waals surface area contributed by atoms with Crippen LogP contribution >= 0.6 is 11.8 Å².